The van der Waals surface area contributed by atoms with Crippen molar-refractivity contribution in [2.45, 2.75) is 45.6 Å². The number of carboxylic acid groups (broad SMARTS) is 2. The van der Waals surface area contributed by atoms with Gasteiger partial charge < -0.3 is 29.2 Å². The van der Waals surface area contributed by atoms with E-state index in [0.29, 0.717) is 42.6 Å². The topological polar surface area (TPSA) is 159 Å². The van der Waals surface area contributed by atoms with Crippen molar-refractivity contribution in [1.82, 2.24) is 14.8 Å². The Morgan fingerprint density at radius 3 is 2.32 bits per heavy atom. The Hall–Kier alpha value is -0.960. The first kappa shape index (κ1) is 38.1. The Bertz CT molecular complexity index is 1360. The zero-order chi connectivity index (χ0) is 28.6. The molecule has 2 aromatic heterocycles. The Balaban J connectivity index is 0.00000131. The summed E-state index contributed by atoms with van der Waals surface area (Å²) >= 11 is 0. The average molecular weight is 633 g/mol. The van der Waals surface area contributed by atoms with E-state index in [2.05, 4.69) is 29.7 Å². The monoisotopic (exact) mass is 632 g/mol. The number of carbonyl (C=O) groups excluding carboxylic acids is 2. The van der Waals surface area contributed by atoms with Crippen molar-refractivity contribution in [3.05, 3.63) is 75.8 Å². The minimum atomic E-state index is -2.33. The van der Waals surface area contributed by atoms with E-state index in [1.807, 2.05) is 18.2 Å². The molecule has 0 unspecified atom stereocenters. The van der Waals surface area contributed by atoms with Gasteiger partial charge in [0.05, 0.1) is 25.5 Å². The molecule has 4 rings (SSSR count). The number of amides is 1. The Kier molecular flexibility index (Phi) is 16.7. The Labute approximate surface area is 324 Å². The van der Waals surface area contributed by atoms with Gasteiger partial charge in [0, 0.05) is 26.3 Å². The number of fused-ring (bicyclic) bond motifs is 1. The predicted molar refractivity (Wildman–Crippen MR) is 140 cm³/mol. The number of ether oxygens (including phenoxy) is 3. The van der Waals surface area contributed by atoms with E-state index in [0.717, 1.165) is 17.3 Å². The van der Waals surface area contributed by atoms with Gasteiger partial charge in [0.25, 0.3) is 11.5 Å². The molecular weight excluding hydrogens is 603 g/mol. The maximum absolute atomic E-state index is 13.0. The molecule has 3 heterocycles. The molecule has 0 N–H and O–H groups in total. The third kappa shape index (κ3) is 12.3. The fraction of sp³-hybridized carbons (Fsp3) is 0.346. The molecule has 3 aromatic rings. The molecule has 0 aliphatic carbocycles. The van der Waals surface area contributed by atoms with Crippen LogP contribution < -0.4 is 133 Å². The zero-order valence-corrected chi connectivity index (χ0v) is 31.5. The minimum absolute atomic E-state index is 0. The fourth-order valence-electron chi connectivity index (χ4n) is 3.55. The van der Waals surface area contributed by atoms with Crippen molar-refractivity contribution in [1.29, 1.82) is 0 Å². The summed E-state index contributed by atoms with van der Waals surface area (Å²) < 4.78 is 17.9. The zero-order valence-electron chi connectivity index (χ0n) is 24.2. The van der Waals surface area contributed by atoms with Crippen molar-refractivity contribution in [2.75, 3.05) is 18.6 Å². The Morgan fingerprint density at radius 2 is 1.71 bits per heavy atom. The molecule has 15 heteroatoms. The van der Waals surface area contributed by atoms with E-state index in [-0.39, 0.29) is 121 Å². The smallest absolute Gasteiger partial charge is 0.652 e. The van der Waals surface area contributed by atoms with Gasteiger partial charge >= 0.3 is 103 Å². The Morgan fingerprint density at radius 1 is 1.02 bits per heavy atom. The van der Waals surface area contributed by atoms with Crippen LogP contribution >= 0.6 is 0 Å². The van der Waals surface area contributed by atoms with Crippen LogP contribution in [0.4, 0.5) is 10.6 Å². The third-order valence-electron chi connectivity index (χ3n) is 5.64. The predicted octanol–water partition coefficient (Wildman–Crippen LogP) is -4.74. The second-order valence-corrected chi connectivity index (χ2v) is 15.4. The summed E-state index contributed by atoms with van der Waals surface area (Å²) in [4.78, 5) is 39.5. The van der Waals surface area contributed by atoms with Gasteiger partial charge in [-0.3, -0.25) is 19.5 Å². The van der Waals surface area contributed by atoms with Crippen LogP contribution in [0.5, 0.6) is 11.5 Å². The van der Waals surface area contributed by atoms with Crippen LogP contribution in [0.2, 0.25) is 25.7 Å². The van der Waals surface area contributed by atoms with Gasteiger partial charge in [-0.15, -0.1) is 5.10 Å². The van der Waals surface area contributed by atoms with Crippen molar-refractivity contribution < 1.29 is 137 Å². The van der Waals surface area contributed by atoms with Crippen molar-refractivity contribution >= 4 is 26.0 Å². The number of aromatic nitrogens is 3. The number of carbonyl (C=O) groups is 2. The standard InChI is InChI=1S/C25H30N4O5Si.CH2O3.2K/c1-32-21-6-5-19(26-14-21)16-34-20-7-8-22-18(13-20)15-28(25(22)31)23-9-10-24(30)29(27-23)17-33-11-12-35(2,3)4;2-1(3)4;;/h5-10,13-14H,11-12,15-17H2,1-4H3;(H2,2,3,4);;/q;;2*+1/p-2. The number of hydrogen-bond donors (Lipinski definition) is 0. The summed E-state index contributed by atoms with van der Waals surface area (Å²) in [5.41, 5.74) is 1.92. The molecular formula is C26H30K2N4O8Si. The number of hydrogen-bond acceptors (Lipinski definition) is 10. The van der Waals surface area contributed by atoms with Gasteiger partial charge in [-0.1, -0.05) is 19.6 Å². The second kappa shape index (κ2) is 18.0. The SMILES string of the molecule is COc1ccc(COc2ccc3c(c2)CN(c2ccc(=O)n(COCC[Si](C)(C)C)n2)C3=O)nc1.O=C([O-])[O-].[K+].[K+]. The van der Waals surface area contributed by atoms with Gasteiger partial charge in [-0.25, -0.2) is 4.68 Å². The number of nitrogens with zero attached hydrogens (tertiary/aromatic N) is 4. The fourth-order valence-corrected chi connectivity index (χ4v) is 4.31. The summed E-state index contributed by atoms with van der Waals surface area (Å²) in [7, 11) is 0.368. The first-order valence-corrected chi connectivity index (χ1v) is 15.8. The van der Waals surface area contributed by atoms with E-state index >= 15 is 0 Å². The van der Waals surface area contributed by atoms with E-state index in [9.17, 15) is 9.59 Å². The molecule has 0 saturated heterocycles. The van der Waals surface area contributed by atoms with E-state index < -0.39 is 14.2 Å². The largest absolute Gasteiger partial charge is 1.00 e. The van der Waals surface area contributed by atoms with Crippen molar-refractivity contribution in [3.8, 4) is 11.5 Å². The summed E-state index contributed by atoms with van der Waals surface area (Å²) in [5.74, 6) is 1.57. The molecule has 0 fully saturated rings. The van der Waals surface area contributed by atoms with Gasteiger partial charge in [-0.2, -0.15) is 0 Å². The number of methoxy groups -OCH3 is 1. The van der Waals surface area contributed by atoms with Crippen LogP contribution in [0, 0.1) is 0 Å². The molecule has 1 aromatic carbocycles. The maximum Gasteiger partial charge on any atom is 1.00 e. The van der Waals surface area contributed by atoms with Gasteiger partial charge in [0.15, 0.2) is 5.82 Å². The number of rotatable bonds is 10. The summed E-state index contributed by atoms with van der Waals surface area (Å²) in [6.07, 6.45) is -0.693. The average Bonchev–Trinajstić information content (AvgIpc) is 3.21. The first-order chi connectivity index (χ1) is 18.5. The molecule has 0 atom stereocenters. The normalized spacial score (nSPS) is 11.8. The van der Waals surface area contributed by atoms with Crippen molar-refractivity contribution in [2.24, 2.45) is 0 Å². The molecule has 1 amide bonds. The van der Waals surface area contributed by atoms with Gasteiger partial charge in [0.2, 0.25) is 0 Å². The molecule has 0 saturated carbocycles. The van der Waals surface area contributed by atoms with Gasteiger partial charge in [0.1, 0.15) is 24.8 Å². The van der Waals surface area contributed by atoms with Crippen LogP contribution in [0.25, 0.3) is 0 Å². The first-order valence-electron chi connectivity index (χ1n) is 12.1. The molecule has 0 radical (unpaired) electrons. The summed E-state index contributed by atoms with van der Waals surface area (Å²) in [5, 5.41) is 21.0. The van der Waals surface area contributed by atoms with Crippen molar-refractivity contribution in [3.63, 3.8) is 0 Å². The molecule has 41 heavy (non-hydrogen) atoms. The molecule has 1 aliphatic heterocycles. The molecule has 0 bridgehead atoms. The van der Waals surface area contributed by atoms with Crippen LogP contribution in [0.15, 0.2) is 53.5 Å². The molecule has 0 spiro atoms. The van der Waals surface area contributed by atoms with E-state index in [1.54, 1.807) is 36.4 Å². The number of anilines is 1. The quantitative estimate of drug-likeness (QED) is 0.157. The van der Waals surface area contributed by atoms with E-state index in [1.165, 1.54) is 10.7 Å². The second-order valence-electron chi connectivity index (χ2n) is 9.82. The summed E-state index contributed by atoms with van der Waals surface area (Å²) in [6.45, 7) is 8.08. The van der Waals surface area contributed by atoms with Crippen LogP contribution in [-0.4, -0.2) is 48.6 Å². The number of benzene rings is 1. The molecule has 208 valence electrons. The van der Waals surface area contributed by atoms with Crippen LogP contribution in [0.3, 0.4) is 0 Å². The molecule has 12 nitrogen and oxygen atoms in total. The third-order valence-corrected chi connectivity index (χ3v) is 7.34. The molecule has 1 aliphatic rings. The van der Waals surface area contributed by atoms with Gasteiger partial charge in [-0.05, 0) is 54.2 Å². The van der Waals surface area contributed by atoms with Crippen LogP contribution in [0.1, 0.15) is 21.6 Å². The minimum Gasteiger partial charge on any atom is -0.652 e. The van der Waals surface area contributed by atoms with Crippen LogP contribution in [-0.2, 0) is 24.6 Å². The summed E-state index contributed by atoms with van der Waals surface area (Å²) in [6, 6.07) is 13.0. The van der Waals surface area contributed by atoms with E-state index in [4.69, 9.17) is 29.2 Å². The maximum atomic E-state index is 13.0. The number of pyridine rings is 1.